The van der Waals surface area contributed by atoms with Gasteiger partial charge in [-0.25, -0.2) is 0 Å². The lowest BCUT2D eigenvalue weighted by atomic mass is 10.2. The van der Waals surface area contributed by atoms with Gasteiger partial charge in [0.2, 0.25) is 0 Å². The van der Waals surface area contributed by atoms with E-state index in [1.165, 1.54) is 0 Å². The van der Waals surface area contributed by atoms with Gasteiger partial charge in [-0.15, -0.1) is 0 Å². The van der Waals surface area contributed by atoms with Gasteiger partial charge in [0.05, 0.1) is 24.2 Å². The van der Waals surface area contributed by atoms with Crippen LogP contribution in [0.5, 0.6) is 0 Å². The topological polar surface area (TPSA) is 55.8 Å². The third-order valence-electron chi connectivity index (χ3n) is 3.06. The van der Waals surface area contributed by atoms with Gasteiger partial charge in [0, 0.05) is 13.1 Å². The van der Waals surface area contributed by atoms with Crippen LogP contribution in [0.15, 0.2) is 29.2 Å². The normalized spacial score (nSPS) is 21.5. The second kappa shape index (κ2) is 6.00. The summed E-state index contributed by atoms with van der Waals surface area (Å²) in [7, 11) is -1.72. The molecule has 0 aromatic heterocycles. The molecule has 0 spiro atoms. The summed E-state index contributed by atoms with van der Waals surface area (Å²) < 4.78 is 34.5. The molecule has 0 unspecified atom stereocenters. The van der Waals surface area contributed by atoms with Crippen molar-refractivity contribution in [2.75, 3.05) is 33.4 Å². The van der Waals surface area contributed by atoms with Gasteiger partial charge in [0.25, 0.3) is 10.1 Å². The Hall–Kier alpha value is -0.950. The number of hydrogen-bond donors (Lipinski definition) is 0. The fraction of sp³-hybridized carbons (Fsp3) is 0.538. The van der Waals surface area contributed by atoms with Gasteiger partial charge in [-0.1, -0.05) is 17.7 Å². The largest absolute Gasteiger partial charge is 0.373 e. The number of likely N-dealkylation sites (N-methyl/N-ethyl adjacent to an activating group) is 1. The molecular weight excluding hydrogens is 266 g/mol. The zero-order chi connectivity index (χ0) is 13.9. The number of hydrogen-bond acceptors (Lipinski definition) is 5. The Bertz CT molecular complexity index is 512. The maximum Gasteiger partial charge on any atom is 0.297 e. The van der Waals surface area contributed by atoms with Crippen molar-refractivity contribution in [3.8, 4) is 0 Å². The van der Waals surface area contributed by atoms with Crippen LogP contribution >= 0.6 is 0 Å². The first-order valence-electron chi connectivity index (χ1n) is 6.23. The van der Waals surface area contributed by atoms with Crippen LogP contribution in [0.3, 0.4) is 0 Å². The number of nitrogens with zero attached hydrogens (tertiary/aromatic N) is 1. The lowest BCUT2D eigenvalue weighted by molar-refractivity contribution is -0.0393. The average molecular weight is 285 g/mol. The van der Waals surface area contributed by atoms with E-state index in [9.17, 15) is 8.42 Å². The number of aryl methyl sites for hydroxylation is 1. The molecule has 1 aliphatic rings. The predicted octanol–water partition coefficient (Wildman–Crippen LogP) is 1.03. The predicted molar refractivity (Wildman–Crippen MR) is 71.6 cm³/mol. The minimum absolute atomic E-state index is 0.0561. The zero-order valence-corrected chi connectivity index (χ0v) is 12.0. The highest BCUT2D eigenvalue weighted by atomic mass is 32.2. The zero-order valence-electron chi connectivity index (χ0n) is 11.2. The second-order valence-electron chi connectivity index (χ2n) is 4.81. The van der Waals surface area contributed by atoms with E-state index < -0.39 is 10.1 Å². The van der Waals surface area contributed by atoms with E-state index in [2.05, 4.69) is 4.90 Å². The molecular formula is C13H19NO4S. The molecule has 6 heteroatoms. The van der Waals surface area contributed by atoms with Crippen molar-refractivity contribution in [3.63, 3.8) is 0 Å². The van der Waals surface area contributed by atoms with Crippen molar-refractivity contribution in [2.24, 2.45) is 0 Å². The average Bonchev–Trinajstić information content (AvgIpc) is 2.37. The minimum atomic E-state index is -3.69. The van der Waals surface area contributed by atoms with Crippen molar-refractivity contribution in [2.45, 2.75) is 17.9 Å². The molecule has 1 heterocycles. The molecule has 106 valence electrons. The Kier molecular flexibility index (Phi) is 4.57. The standard InChI is InChI=1S/C13H19NO4S/c1-11-3-5-13(6-4-11)19(15,16)18-10-12-9-14(2)7-8-17-12/h3-6,12H,7-10H2,1-2H3/t12-/m1/s1. The number of ether oxygens (including phenoxy) is 1. The molecule has 0 saturated carbocycles. The summed E-state index contributed by atoms with van der Waals surface area (Å²) >= 11 is 0. The molecule has 0 aliphatic carbocycles. The summed E-state index contributed by atoms with van der Waals surface area (Å²) in [5.74, 6) is 0. The van der Waals surface area contributed by atoms with Crippen molar-refractivity contribution < 1.29 is 17.3 Å². The van der Waals surface area contributed by atoms with E-state index in [0.717, 1.165) is 12.1 Å². The van der Waals surface area contributed by atoms with E-state index in [1.54, 1.807) is 24.3 Å². The van der Waals surface area contributed by atoms with Crippen molar-refractivity contribution in [1.82, 2.24) is 4.90 Å². The molecule has 1 aromatic rings. The van der Waals surface area contributed by atoms with E-state index in [-0.39, 0.29) is 17.6 Å². The molecule has 1 fully saturated rings. The highest BCUT2D eigenvalue weighted by Gasteiger charge is 2.22. The van der Waals surface area contributed by atoms with Crippen molar-refractivity contribution in [3.05, 3.63) is 29.8 Å². The maximum absolute atomic E-state index is 12.0. The molecule has 1 saturated heterocycles. The minimum Gasteiger partial charge on any atom is -0.373 e. The number of benzene rings is 1. The van der Waals surface area contributed by atoms with Crippen LogP contribution in [0.1, 0.15) is 5.56 Å². The van der Waals surface area contributed by atoms with Gasteiger partial charge in [-0.2, -0.15) is 8.42 Å². The SMILES string of the molecule is Cc1ccc(S(=O)(=O)OC[C@H]2CN(C)CCO2)cc1. The fourth-order valence-corrected chi connectivity index (χ4v) is 2.84. The Labute approximate surface area is 114 Å². The quantitative estimate of drug-likeness (QED) is 0.773. The number of morpholine rings is 1. The summed E-state index contributed by atoms with van der Waals surface area (Å²) in [5, 5.41) is 0. The molecule has 1 aromatic carbocycles. The van der Waals surface area contributed by atoms with E-state index in [0.29, 0.717) is 13.2 Å². The Balaban J connectivity index is 1.96. The molecule has 1 aliphatic heterocycles. The van der Waals surface area contributed by atoms with Gasteiger partial charge in [0.15, 0.2) is 0 Å². The Morgan fingerprint density at radius 2 is 2.05 bits per heavy atom. The van der Waals surface area contributed by atoms with Crippen LogP contribution < -0.4 is 0 Å². The second-order valence-corrected chi connectivity index (χ2v) is 6.42. The van der Waals surface area contributed by atoms with Gasteiger partial charge in [-0.05, 0) is 26.1 Å². The van der Waals surface area contributed by atoms with Gasteiger partial charge in [-0.3, -0.25) is 4.18 Å². The fourth-order valence-electron chi connectivity index (χ4n) is 1.91. The van der Waals surface area contributed by atoms with Crippen molar-refractivity contribution in [1.29, 1.82) is 0 Å². The lowest BCUT2D eigenvalue weighted by Crippen LogP contribution is -2.42. The summed E-state index contributed by atoms with van der Waals surface area (Å²) in [4.78, 5) is 2.28. The molecule has 1 atom stereocenters. The first kappa shape index (κ1) is 14.5. The molecule has 0 amide bonds. The Morgan fingerprint density at radius 1 is 1.37 bits per heavy atom. The van der Waals surface area contributed by atoms with Crippen LogP contribution in [0.25, 0.3) is 0 Å². The van der Waals surface area contributed by atoms with E-state index >= 15 is 0 Å². The highest BCUT2D eigenvalue weighted by molar-refractivity contribution is 7.86. The Morgan fingerprint density at radius 3 is 2.68 bits per heavy atom. The summed E-state index contributed by atoms with van der Waals surface area (Å²) in [6.07, 6.45) is -0.195. The smallest absolute Gasteiger partial charge is 0.297 e. The summed E-state index contributed by atoms with van der Waals surface area (Å²) in [5.41, 5.74) is 1.01. The third kappa shape index (κ3) is 4.01. The van der Waals surface area contributed by atoms with Gasteiger partial charge < -0.3 is 9.64 Å². The van der Waals surface area contributed by atoms with Crippen LogP contribution in [-0.4, -0.2) is 52.8 Å². The van der Waals surface area contributed by atoms with Gasteiger partial charge in [0.1, 0.15) is 0 Å². The molecule has 19 heavy (non-hydrogen) atoms. The summed E-state index contributed by atoms with van der Waals surface area (Å²) in [6.45, 7) is 4.11. The first-order chi connectivity index (χ1) is 8.97. The monoisotopic (exact) mass is 285 g/mol. The maximum atomic E-state index is 12.0. The lowest BCUT2D eigenvalue weighted by Gasteiger charge is -2.29. The molecule has 0 N–H and O–H groups in total. The van der Waals surface area contributed by atoms with Gasteiger partial charge >= 0.3 is 0 Å². The van der Waals surface area contributed by atoms with Crippen LogP contribution in [-0.2, 0) is 19.0 Å². The van der Waals surface area contributed by atoms with Crippen molar-refractivity contribution >= 4 is 10.1 Å². The molecule has 0 bridgehead atoms. The van der Waals surface area contributed by atoms with Crippen LogP contribution in [0, 0.1) is 6.92 Å². The van der Waals surface area contributed by atoms with E-state index in [4.69, 9.17) is 8.92 Å². The van der Waals surface area contributed by atoms with Crippen LogP contribution in [0.2, 0.25) is 0 Å². The molecule has 2 rings (SSSR count). The highest BCUT2D eigenvalue weighted by Crippen LogP contribution is 2.14. The molecule has 0 radical (unpaired) electrons. The molecule has 5 nitrogen and oxygen atoms in total. The van der Waals surface area contributed by atoms with Crippen LogP contribution in [0.4, 0.5) is 0 Å². The summed E-state index contributed by atoms with van der Waals surface area (Å²) in [6, 6.07) is 6.61. The first-order valence-corrected chi connectivity index (χ1v) is 7.64. The number of rotatable bonds is 4. The van der Waals surface area contributed by atoms with E-state index in [1.807, 2.05) is 14.0 Å². The third-order valence-corrected chi connectivity index (χ3v) is 4.36.